The van der Waals surface area contributed by atoms with Crippen molar-refractivity contribution in [2.24, 2.45) is 0 Å². The zero-order valence-corrected chi connectivity index (χ0v) is 11.0. The van der Waals surface area contributed by atoms with Crippen LogP contribution in [-0.4, -0.2) is 28.1 Å². The Labute approximate surface area is 110 Å². The van der Waals surface area contributed by atoms with Crippen molar-refractivity contribution in [3.05, 3.63) is 29.6 Å². The summed E-state index contributed by atoms with van der Waals surface area (Å²) in [6, 6.07) is 4.04. The number of benzene rings is 1. The lowest BCUT2D eigenvalue weighted by Crippen LogP contribution is -2.33. The molecule has 5 heteroatoms. The van der Waals surface area contributed by atoms with E-state index in [1.807, 2.05) is 11.8 Å². The van der Waals surface area contributed by atoms with E-state index in [4.69, 9.17) is 5.11 Å². The van der Waals surface area contributed by atoms with Crippen LogP contribution in [0.25, 0.3) is 0 Å². The Balaban J connectivity index is 2.17. The molecule has 0 bridgehead atoms. The molecule has 0 amide bonds. The molecule has 0 aromatic heterocycles. The first kappa shape index (κ1) is 13.2. The highest BCUT2D eigenvalue weighted by Gasteiger charge is 2.22. The minimum absolute atomic E-state index is 0.106. The maximum absolute atomic E-state index is 13.7. The summed E-state index contributed by atoms with van der Waals surface area (Å²) in [5, 5.41) is 12.4. The Kier molecular flexibility index (Phi) is 4.11. The van der Waals surface area contributed by atoms with E-state index in [0.29, 0.717) is 5.25 Å². The summed E-state index contributed by atoms with van der Waals surface area (Å²) in [7, 11) is 0. The van der Waals surface area contributed by atoms with Gasteiger partial charge < -0.3 is 10.4 Å². The standard InChI is InChI=1S/C13H16FNO2S/c1-8-11(3-2-6-18-8)15-12-7-9(13(16)17)4-5-10(12)14/h4-5,7-8,11,15H,2-3,6H2,1H3,(H,16,17). The SMILES string of the molecule is CC1SCCCC1Nc1cc(C(=O)O)ccc1F. The van der Waals surface area contributed by atoms with Crippen molar-refractivity contribution in [2.45, 2.75) is 31.1 Å². The predicted octanol–water partition coefficient (Wildman–Crippen LogP) is 3.22. The minimum atomic E-state index is -1.04. The number of carboxylic acids is 1. The molecule has 1 aliphatic rings. The van der Waals surface area contributed by atoms with E-state index in [2.05, 4.69) is 12.2 Å². The van der Waals surface area contributed by atoms with Crippen LogP contribution in [0.1, 0.15) is 30.1 Å². The van der Waals surface area contributed by atoms with E-state index in [9.17, 15) is 9.18 Å². The summed E-state index contributed by atoms with van der Waals surface area (Å²) in [5.41, 5.74) is 0.393. The van der Waals surface area contributed by atoms with E-state index < -0.39 is 11.8 Å². The summed E-state index contributed by atoms with van der Waals surface area (Å²) in [4.78, 5) is 10.9. The quantitative estimate of drug-likeness (QED) is 0.884. The monoisotopic (exact) mass is 269 g/mol. The topological polar surface area (TPSA) is 49.3 Å². The Morgan fingerprint density at radius 2 is 2.33 bits per heavy atom. The molecule has 1 heterocycles. The van der Waals surface area contributed by atoms with Gasteiger partial charge in [-0.3, -0.25) is 0 Å². The molecule has 3 nitrogen and oxygen atoms in total. The smallest absolute Gasteiger partial charge is 0.335 e. The normalized spacial score (nSPS) is 23.7. The number of aromatic carboxylic acids is 1. The fourth-order valence-corrected chi connectivity index (χ4v) is 3.22. The van der Waals surface area contributed by atoms with E-state index >= 15 is 0 Å². The molecule has 1 fully saturated rings. The zero-order valence-electron chi connectivity index (χ0n) is 10.1. The third-order valence-corrected chi connectivity index (χ3v) is 4.54. The van der Waals surface area contributed by atoms with Crippen molar-refractivity contribution in [1.29, 1.82) is 0 Å². The number of carboxylic acid groups (broad SMARTS) is 1. The fraction of sp³-hybridized carbons (Fsp3) is 0.462. The molecule has 98 valence electrons. The first-order valence-corrected chi connectivity index (χ1v) is 7.04. The van der Waals surface area contributed by atoms with Gasteiger partial charge in [-0.2, -0.15) is 11.8 Å². The third-order valence-electron chi connectivity index (χ3n) is 3.16. The molecule has 2 atom stereocenters. The maximum atomic E-state index is 13.7. The average Bonchev–Trinajstić information content (AvgIpc) is 2.34. The van der Waals surface area contributed by atoms with Crippen LogP contribution in [0.2, 0.25) is 0 Å². The first-order valence-electron chi connectivity index (χ1n) is 5.99. The third kappa shape index (κ3) is 2.96. The lowest BCUT2D eigenvalue weighted by molar-refractivity contribution is 0.0697. The van der Waals surface area contributed by atoms with Crippen molar-refractivity contribution in [3.8, 4) is 0 Å². The van der Waals surface area contributed by atoms with Gasteiger partial charge in [0.2, 0.25) is 0 Å². The van der Waals surface area contributed by atoms with Gasteiger partial charge in [-0.15, -0.1) is 0 Å². The second-order valence-electron chi connectivity index (χ2n) is 4.47. The summed E-state index contributed by atoms with van der Waals surface area (Å²) in [6.45, 7) is 2.11. The molecule has 1 aromatic rings. The fourth-order valence-electron chi connectivity index (χ4n) is 2.08. The van der Waals surface area contributed by atoms with Crippen LogP contribution in [0.4, 0.5) is 10.1 Å². The van der Waals surface area contributed by atoms with E-state index in [1.165, 1.54) is 18.2 Å². The van der Waals surface area contributed by atoms with Crippen molar-refractivity contribution in [3.63, 3.8) is 0 Å². The second-order valence-corrected chi connectivity index (χ2v) is 5.95. The molecular formula is C13H16FNO2S. The number of hydrogen-bond donors (Lipinski definition) is 2. The maximum Gasteiger partial charge on any atom is 0.335 e. The molecule has 0 spiro atoms. The summed E-state index contributed by atoms with van der Waals surface area (Å²) < 4.78 is 13.7. The van der Waals surface area contributed by atoms with Crippen LogP contribution < -0.4 is 5.32 Å². The Bertz CT molecular complexity index is 453. The van der Waals surface area contributed by atoms with Gasteiger partial charge in [-0.05, 0) is 36.8 Å². The lowest BCUT2D eigenvalue weighted by atomic mass is 10.1. The van der Waals surface area contributed by atoms with E-state index in [0.717, 1.165) is 18.6 Å². The van der Waals surface area contributed by atoms with Gasteiger partial charge in [-0.1, -0.05) is 6.92 Å². The molecule has 0 aliphatic carbocycles. The number of hydrogen-bond acceptors (Lipinski definition) is 3. The first-order chi connectivity index (χ1) is 8.58. The van der Waals surface area contributed by atoms with E-state index in [-0.39, 0.29) is 17.3 Å². The van der Waals surface area contributed by atoms with Crippen molar-refractivity contribution >= 4 is 23.4 Å². The van der Waals surface area contributed by atoms with Crippen LogP contribution in [-0.2, 0) is 0 Å². The largest absolute Gasteiger partial charge is 0.478 e. The lowest BCUT2D eigenvalue weighted by Gasteiger charge is -2.30. The summed E-state index contributed by atoms with van der Waals surface area (Å²) >= 11 is 1.86. The van der Waals surface area contributed by atoms with Crippen LogP contribution in [0.15, 0.2) is 18.2 Å². The van der Waals surface area contributed by atoms with Crippen LogP contribution in [0.3, 0.4) is 0 Å². The molecule has 1 aromatic carbocycles. The highest BCUT2D eigenvalue weighted by Crippen LogP contribution is 2.28. The molecule has 1 aliphatic heterocycles. The summed E-state index contributed by atoms with van der Waals surface area (Å²) in [5.74, 6) is -0.302. The van der Waals surface area contributed by atoms with Gasteiger partial charge in [0.25, 0.3) is 0 Å². The molecule has 0 saturated carbocycles. The highest BCUT2D eigenvalue weighted by molar-refractivity contribution is 8.00. The number of thioether (sulfide) groups is 1. The Hall–Kier alpha value is -1.23. The van der Waals surface area contributed by atoms with Crippen molar-refractivity contribution < 1.29 is 14.3 Å². The molecular weight excluding hydrogens is 253 g/mol. The Morgan fingerprint density at radius 3 is 3.00 bits per heavy atom. The molecule has 0 radical (unpaired) electrons. The van der Waals surface area contributed by atoms with Crippen molar-refractivity contribution in [2.75, 3.05) is 11.1 Å². The summed E-state index contributed by atoms with van der Waals surface area (Å²) in [6.07, 6.45) is 2.10. The molecule has 18 heavy (non-hydrogen) atoms. The van der Waals surface area contributed by atoms with Crippen LogP contribution in [0.5, 0.6) is 0 Å². The van der Waals surface area contributed by atoms with E-state index in [1.54, 1.807) is 0 Å². The minimum Gasteiger partial charge on any atom is -0.478 e. The average molecular weight is 269 g/mol. The number of rotatable bonds is 3. The molecule has 2 unspecified atom stereocenters. The molecule has 2 rings (SSSR count). The molecule has 1 saturated heterocycles. The highest BCUT2D eigenvalue weighted by atomic mass is 32.2. The number of halogens is 1. The van der Waals surface area contributed by atoms with Gasteiger partial charge in [0.05, 0.1) is 11.3 Å². The van der Waals surface area contributed by atoms with Crippen LogP contribution >= 0.6 is 11.8 Å². The van der Waals surface area contributed by atoms with Gasteiger partial charge in [0.1, 0.15) is 5.82 Å². The number of anilines is 1. The van der Waals surface area contributed by atoms with Crippen molar-refractivity contribution in [1.82, 2.24) is 0 Å². The van der Waals surface area contributed by atoms with Gasteiger partial charge in [-0.25, -0.2) is 9.18 Å². The Morgan fingerprint density at radius 1 is 1.56 bits per heavy atom. The van der Waals surface area contributed by atoms with Crippen LogP contribution in [0, 0.1) is 5.82 Å². The zero-order chi connectivity index (χ0) is 13.1. The van der Waals surface area contributed by atoms with Gasteiger partial charge >= 0.3 is 5.97 Å². The van der Waals surface area contributed by atoms with Gasteiger partial charge in [0.15, 0.2) is 0 Å². The second kappa shape index (κ2) is 5.61. The molecule has 2 N–H and O–H groups in total. The number of carbonyl (C=O) groups is 1. The number of nitrogens with one attached hydrogen (secondary N) is 1. The van der Waals surface area contributed by atoms with Gasteiger partial charge in [0, 0.05) is 11.3 Å². The predicted molar refractivity (Wildman–Crippen MR) is 71.9 cm³/mol.